The molecule has 1 aliphatic rings. The summed E-state index contributed by atoms with van der Waals surface area (Å²) in [5.74, 6) is -2.49. The van der Waals surface area contributed by atoms with Crippen molar-refractivity contribution in [3.8, 4) is 0 Å². The maximum atomic E-state index is 14.7. The quantitative estimate of drug-likeness (QED) is 0.373. The van der Waals surface area contributed by atoms with Gasteiger partial charge in [0.2, 0.25) is 0 Å². The van der Waals surface area contributed by atoms with Gasteiger partial charge in [0, 0.05) is 29.9 Å². The highest BCUT2D eigenvalue weighted by Crippen LogP contribution is 2.29. The number of rotatable bonds is 7. The highest BCUT2D eigenvalue weighted by atomic mass is 19.1. The molecule has 0 bridgehead atoms. The van der Waals surface area contributed by atoms with E-state index in [1.807, 2.05) is 0 Å². The molecule has 1 saturated carbocycles. The number of carbonyl (C=O) groups excluding carboxylic acids is 1. The van der Waals surface area contributed by atoms with E-state index in [1.165, 1.54) is 10.8 Å². The fourth-order valence-electron chi connectivity index (χ4n) is 3.99. The first kappa shape index (κ1) is 21.5. The Bertz CT molecular complexity index is 1180. The highest BCUT2D eigenvalue weighted by Gasteiger charge is 2.24. The summed E-state index contributed by atoms with van der Waals surface area (Å²) in [6.07, 6.45) is 6.75. The number of carboxylic acid groups (broad SMARTS) is 1. The number of amides is 1. The van der Waals surface area contributed by atoms with Gasteiger partial charge < -0.3 is 31.8 Å². The minimum atomic E-state index is -1.00. The molecule has 1 aliphatic carbocycles. The third kappa shape index (κ3) is 4.33. The molecule has 4 rings (SSSR count). The molecule has 3 aromatic heterocycles. The van der Waals surface area contributed by atoms with Gasteiger partial charge in [0.05, 0.1) is 11.3 Å². The van der Waals surface area contributed by atoms with Gasteiger partial charge in [-0.2, -0.15) is 0 Å². The molecule has 0 unspecified atom stereocenters. The number of carboxylic acids is 1. The summed E-state index contributed by atoms with van der Waals surface area (Å²) >= 11 is 0. The van der Waals surface area contributed by atoms with Gasteiger partial charge >= 0.3 is 5.97 Å². The molecule has 32 heavy (non-hydrogen) atoms. The zero-order valence-corrected chi connectivity index (χ0v) is 17.2. The van der Waals surface area contributed by atoms with Crippen LogP contribution in [-0.2, 0) is 11.3 Å². The van der Waals surface area contributed by atoms with Gasteiger partial charge in [0.25, 0.3) is 5.91 Å². The molecule has 168 valence electrons. The van der Waals surface area contributed by atoms with Crippen molar-refractivity contribution in [2.75, 3.05) is 10.6 Å². The number of aromatic nitrogens is 3. The van der Waals surface area contributed by atoms with E-state index in [0.29, 0.717) is 16.7 Å². The maximum absolute atomic E-state index is 14.7. The Balaban J connectivity index is 1.70. The van der Waals surface area contributed by atoms with Crippen molar-refractivity contribution in [3.63, 3.8) is 0 Å². The number of hydrogen-bond acceptors (Lipinski definition) is 7. The summed E-state index contributed by atoms with van der Waals surface area (Å²) in [6.45, 7) is -0.253. The first-order chi connectivity index (χ1) is 15.3. The van der Waals surface area contributed by atoms with Crippen molar-refractivity contribution in [2.45, 2.75) is 44.3 Å². The molecule has 11 heteroatoms. The van der Waals surface area contributed by atoms with Crippen molar-refractivity contribution in [3.05, 3.63) is 42.0 Å². The summed E-state index contributed by atoms with van der Waals surface area (Å²) in [7, 11) is 0. The van der Waals surface area contributed by atoms with Crippen LogP contribution in [0.3, 0.4) is 0 Å². The van der Waals surface area contributed by atoms with Crippen LogP contribution < -0.4 is 22.1 Å². The summed E-state index contributed by atoms with van der Waals surface area (Å²) in [6, 6.07) is 4.14. The molecule has 0 spiro atoms. The average molecular weight is 441 g/mol. The summed E-state index contributed by atoms with van der Waals surface area (Å²) in [5.41, 5.74) is 12.5. The maximum Gasteiger partial charge on any atom is 0.323 e. The van der Waals surface area contributed by atoms with Gasteiger partial charge in [0.1, 0.15) is 18.0 Å². The number of aliphatic carboxylic acids is 1. The number of halogens is 1. The fourth-order valence-corrected chi connectivity index (χ4v) is 3.99. The second-order valence-electron chi connectivity index (χ2n) is 7.84. The third-order valence-electron chi connectivity index (χ3n) is 5.60. The van der Waals surface area contributed by atoms with Crippen LogP contribution in [-0.4, -0.2) is 43.6 Å². The Morgan fingerprint density at radius 3 is 2.75 bits per heavy atom. The lowest BCUT2D eigenvalue weighted by Crippen LogP contribution is -2.43. The molecule has 3 aromatic rings. The molecule has 0 saturated heterocycles. The van der Waals surface area contributed by atoms with Gasteiger partial charge in [0.15, 0.2) is 11.6 Å². The van der Waals surface area contributed by atoms with Crippen LogP contribution >= 0.6 is 0 Å². The summed E-state index contributed by atoms with van der Waals surface area (Å²) < 4.78 is 16.2. The van der Waals surface area contributed by atoms with Crippen molar-refractivity contribution in [1.29, 1.82) is 0 Å². The van der Waals surface area contributed by atoms with E-state index in [1.54, 1.807) is 18.3 Å². The normalized spacial score (nSPS) is 18.4. The Kier molecular flexibility index (Phi) is 5.91. The Hall–Kier alpha value is -3.73. The summed E-state index contributed by atoms with van der Waals surface area (Å²) in [5, 5.41) is 15.8. The number of nitrogens with one attached hydrogen (secondary N) is 2. The molecule has 1 fully saturated rings. The lowest BCUT2D eigenvalue weighted by atomic mass is 9.91. The van der Waals surface area contributed by atoms with E-state index >= 15 is 0 Å². The van der Waals surface area contributed by atoms with Crippen molar-refractivity contribution in [1.82, 2.24) is 14.5 Å². The van der Waals surface area contributed by atoms with E-state index in [4.69, 9.17) is 16.6 Å². The number of hydrogen-bond donors (Lipinski definition) is 5. The third-order valence-corrected chi connectivity index (χ3v) is 5.60. The van der Waals surface area contributed by atoms with Crippen LogP contribution in [0.15, 0.2) is 30.6 Å². The fraction of sp³-hybridized carbons (Fsp3) is 0.333. The molecule has 1 amide bonds. The van der Waals surface area contributed by atoms with E-state index < -0.39 is 17.7 Å². The van der Waals surface area contributed by atoms with E-state index in [9.17, 15) is 14.0 Å². The zero-order valence-electron chi connectivity index (χ0n) is 17.2. The molecular formula is C21H24FN7O3. The molecule has 0 aromatic carbocycles. The Labute approximate surface area is 182 Å². The summed E-state index contributed by atoms with van der Waals surface area (Å²) in [4.78, 5) is 31.6. The molecule has 3 heterocycles. The van der Waals surface area contributed by atoms with Crippen LogP contribution in [0.25, 0.3) is 11.0 Å². The van der Waals surface area contributed by atoms with Crippen LogP contribution in [0.4, 0.5) is 21.7 Å². The first-order valence-electron chi connectivity index (χ1n) is 10.3. The Morgan fingerprint density at radius 1 is 1.25 bits per heavy atom. The number of pyridine rings is 2. The number of carbonyl (C=O) groups is 2. The second-order valence-corrected chi connectivity index (χ2v) is 7.84. The number of fused-ring (bicyclic) bond motifs is 1. The molecular weight excluding hydrogens is 417 g/mol. The molecule has 0 aliphatic heterocycles. The van der Waals surface area contributed by atoms with Gasteiger partial charge in [-0.3, -0.25) is 9.59 Å². The van der Waals surface area contributed by atoms with Crippen LogP contribution in [0.1, 0.15) is 36.0 Å². The van der Waals surface area contributed by atoms with E-state index in [2.05, 4.69) is 20.6 Å². The predicted octanol–water partition coefficient (Wildman–Crippen LogP) is 2.18. The van der Waals surface area contributed by atoms with Crippen LogP contribution in [0.5, 0.6) is 0 Å². The number of nitrogens with zero attached hydrogens (tertiary/aromatic N) is 3. The topological polar surface area (TPSA) is 161 Å². The molecule has 2 atom stereocenters. The Morgan fingerprint density at radius 2 is 2.03 bits per heavy atom. The van der Waals surface area contributed by atoms with E-state index in [-0.39, 0.29) is 35.8 Å². The van der Waals surface area contributed by atoms with E-state index in [0.717, 1.165) is 31.7 Å². The van der Waals surface area contributed by atoms with Gasteiger partial charge in [-0.1, -0.05) is 12.8 Å². The number of nitrogens with two attached hydrogens (primary N) is 2. The first-order valence-corrected chi connectivity index (χ1v) is 10.3. The SMILES string of the molecule is NC(=O)c1cc(F)c(N[C@@H]2CCCC[C@@H]2N)nc1Nc1ccnc2c1ccn2CC(=O)O. The van der Waals surface area contributed by atoms with Crippen molar-refractivity contribution < 1.29 is 19.1 Å². The van der Waals surface area contributed by atoms with Gasteiger partial charge in [-0.15, -0.1) is 0 Å². The van der Waals surface area contributed by atoms with Gasteiger partial charge in [-0.25, -0.2) is 14.4 Å². The predicted molar refractivity (Wildman–Crippen MR) is 117 cm³/mol. The molecule has 10 nitrogen and oxygen atoms in total. The monoisotopic (exact) mass is 441 g/mol. The largest absolute Gasteiger partial charge is 0.480 e. The molecule has 0 radical (unpaired) electrons. The van der Waals surface area contributed by atoms with Crippen molar-refractivity contribution >= 4 is 40.2 Å². The number of anilines is 3. The van der Waals surface area contributed by atoms with Crippen LogP contribution in [0.2, 0.25) is 0 Å². The minimum Gasteiger partial charge on any atom is -0.480 e. The van der Waals surface area contributed by atoms with Crippen molar-refractivity contribution in [2.24, 2.45) is 11.5 Å². The lowest BCUT2D eigenvalue weighted by molar-refractivity contribution is -0.137. The van der Waals surface area contributed by atoms with Crippen LogP contribution in [0, 0.1) is 5.82 Å². The zero-order chi connectivity index (χ0) is 22.8. The average Bonchev–Trinajstić information content (AvgIpc) is 3.15. The number of primary amides is 1. The molecule has 7 N–H and O–H groups in total. The van der Waals surface area contributed by atoms with Gasteiger partial charge in [-0.05, 0) is 31.0 Å². The second kappa shape index (κ2) is 8.79. The smallest absolute Gasteiger partial charge is 0.323 e. The minimum absolute atomic E-state index is 0.0198. The highest BCUT2D eigenvalue weighted by molar-refractivity contribution is 6.00. The standard InChI is InChI=1S/C21H24FN7O3/c22-13-9-12(18(24)32)19(28-20(13)27-16-4-2-1-3-14(16)23)26-15-5-7-25-21-11(15)6-8-29(21)10-17(30)31/h5-9,14,16H,1-4,10,23H2,(H2,24,32)(H,30,31)(H2,25,26,27,28)/t14-,16+/m0/s1. The lowest BCUT2D eigenvalue weighted by Gasteiger charge is -2.30.